The van der Waals surface area contributed by atoms with E-state index in [1.165, 1.54) is 5.56 Å². The summed E-state index contributed by atoms with van der Waals surface area (Å²) in [7, 11) is 0. The molecule has 5 heteroatoms. The molecule has 1 heterocycles. The number of nitrogens with one attached hydrogen (secondary N) is 1. The van der Waals surface area contributed by atoms with Gasteiger partial charge in [-0.25, -0.2) is 0 Å². The van der Waals surface area contributed by atoms with Gasteiger partial charge in [0.15, 0.2) is 0 Å². The molecule has 1 aliphatic heterocycles. The SMILES string of the molecule is Cl.Cl.N=C(N)C1CCN(Cc2ccccc2)CC1. The van der Waals surface area contributed by atoms with Crippen LogP contribution in [-0.4, -0.2) is 23.8 Å². The molecule has 0 saturated carbocycles. The van der Waals surface area contributed by atoms with E-state index < -0.39 is 0 Å². The minimum absolute atomic E-state index is 0. The third-order valence-electron chi connectivity index (χ3n) is 3.28. The lowest BCUT2D eigenvalue weighted by Crippen LogP contribution is -2.37. The number of halogens is 2. The van der Waals surface area contributed by atoms with E-state index in [-0.39, 0.29) is 24.8 Å². The quantitative estimate of drug-likeness (QED) is 0.664. The van der Waals surface area contributed by atoms with Crippen molar-refractivity contribution in [3.63, 3.8) is 0 Å². The van der Waals surface area contributed by atoms with Crippen LogP contribution in [-0.2, 0) is 6.54 Å². The van der Waals surface area contributed by atoms with Crippen molar-refractivity contribution in [3.8, 4) is 0 Å². The molecule has 0 atom stereocenters. The van der Waals surface area contributed by atoms with Crippen molar-refractivity contribution in [1.29, 1.82) is 5.41 Å². The second-order valence-corrected chi connectivity index (χ2v) is 4.49. The van der Waals surface area contributed by atoms with Crippen LogP contribution in [0.5, 0.6) is 0 Å². The van der Waals surface area contributed by atoms with E-state index in [0.717, 1.165) is 32.5 Å². The Morgan fingerprint density at radius 3 is 2.22 bits per heavy atom. The molecule has 1 saturated heterocycles. The minimum Gasteiger partial charge on any atom is -0.387 e. The van der Waals surface area contributed by atoms with Gasteiger partial charge in [0.25, 0.3) is 0 Å². The maximum absolute atomic E-state index is 7.44. The van der Waals surface area contributed by atoms with Gasteiger partial charge >= 0.3 is 0 Å². The smallest absolute Gasteiger partial charge is 0.0937 e. The van der Waals surface area contributed by atoms with Gasteiger partial charge in [-0.3, -0.25) is 10.3 Å². The third-order valence-corrected chi connectivity index (χ3v) is 3.28. The molecule has 0 unspecified atom stereocenters. The third kappa shape index (κ3) is 4.84. The van der Waals surface area contributed by atoms with Crippen LogP contribution in [0.25, 0.3) is 0 Å². The number of likely N-dealkylation sites (tertiary alicyclic amines) is 1. The highest BCUT2D eigenvalue weighted by Crippen LogP contribution is 2.18. The Labute approximate surface area is 121 Å². The summed E-state index contributed by atoms with van der Waals surface area (Å²) in [6.45, 7) is 3.13. The summed E-state index contributed by atoms with van der Waals surface area (Å²) in [4.78, 5) is 2.44. The largest absolute Gasteiger partial charge is 0.387 e. The summed E-state index contributed by atoms with van der Waals surface area (Å²) in [6, 6.07) is 10.5. The Hall–Kier alpha value is -0.770. The molecule has 0 aliphatic carbocycles. The Bertz CT molecular complexity index is 349. The van der Waals surface area contributed by atoms with Crippen LogP contribution in [0.4, 0.5) is 0 Å². The molecule has 0 spiro atoms. The van der Waals surface area contributed by atoms with Gasteiger partial charge in [0, 0.05) is 12.5 Å². The van der Waals surface area contributed by atoms with Crippen molar-refractivity contribution in [2.45, 2.75) is 19.4 Å². The number of piperidine rings is 1. The predicted octanol–water partition coefficient (Wildman–Crippen LogP) is 2.68. The number of hydrogen-bond donors (Lipinski definition) is 2. The fourth-order valence-corrected chi connectivity index (χ4v) is 2.24. The lowest BCUT2D eigenvalue weighted by atomic mass is 9.95. The first-order valence-corrected chi connectivity index (χ1v) is 5.86. The summed E-state index contributed by atoms with van der Waals surface area (Å²) >= 11 is 0. The summed E-state index contributed by atoms with van der Waals surface area (Å²) in [5, 5.41) is 7.44. The number of nitrogens with two attached hydrogens (primary N) is 1. The summed E-state index contributed by atoms with van der Waals surface area (Å²) in [5.41, 5.74) is 6.89. The molecular weight excluding hydrogens is 269 g/mol. The van der Waals surface area contributed by atoms with E-state index in [1.54, 1.807) is 0 Å². The lowest BCUT2D eigenvalue weighted by Gasteiger charge is -2.31. The normalized spacial score (nSPS) is 16.4. The first-order chi connectivity index (χ1) is 7.75. The van der Waals surface area contributed by atoms with Crippen LogP contribution >= 0.6 is 24.8 Å². The van der Waals surface area contributed by atoms with E-state index in [2.05, 4.69) is 29.2 Å². The maximum atomic E-state index is 7.44. The average Bonchev–Trinajstić information content (AvgIpc) is 2.31. The van der Waals surface area contributed by atoms with Crippen LogP contribution < -0.4 is 5.73 Å². The first-order valence-electron chi connectivity index (χ1n) is 5.86. The van der Waals surface area contributed by atoms with Crippen molar-refractivity contribution < 1.29 is 0 Å². The fraction of sp³-hybridized carbons (Fsp3) is 0.462. The van der Waals surface area contributed by atoms with Crippen LogP contribution in [0.2, 0.25) is 0 Å². The van der Waals surface area contributed by atoms with Gasteiger partial charge in [0.1, 0.15) is 0 Å². The molecule has 0 aromatic heterocycles. The van der Waals surface area contributed by atoms with E-state index >= 15 is 0 Å². The van der Waals surface area contributed by atoms with Gasteiger partial charge in [0.05, 0.1) is 5.84 Å². The number of rotatable bonds is 3. The van der Waals surface area contributed by atoms with Crippen LogP contribution in [0.3, 0.4) is 0 Å². The molecule has 1 fully saturated rings. The monoisotopic (exact) mass is 289 g/mol. The molecular formula is C13H21Cl2N3. The average molecular weight is 290 g/mol. The molecule has 102 valence electrons. The van der Waals surface area contributed by atoms with Gasteiger partial charge in [-0.05, 0) is 31.5 Å². The molecule has 3 nitrogen and oxygen atoms in total. The van der Waals surface area contributed by atoms with Gasteiger partial charge in [0.2, 0.25) is 0 Å². The van der Waals surface area contributed by atoms with Crippen LogP contribution in [0.15, 0.2) is 30.3 Å². The highest BCUT2D eigenvalue weighted by Gasteiger charge is 2.20. The highest BCUT2D eigenvalue weighted by molar-refractivity contribution is 5.85. The van der Waals surface area contributed by atoms with Crippen molar-refractivity contribution in [2.75, 3.05) is 13.1 Å². The predicted molar refractivity (Wildman–Crippen MR) is 80.9 cm³/mol. The molecule has 1 aromatic rings. The second kappa shape index (κ2) is 8.35. The molecule has 0 bridgehead atoms. The van der Waals surface area contributed by atoms with Crippen molar-refractivity contribution in [1.82, 2.24) is 4.90 Å². The number of hydrogen-bond acceptors (Lipinski definition) is 2. The molecule has 3 N–H and O–H groups in total. The Balaban J connectivity index is 0.00000144. The van der Waals surface area contributed by atoms with Crippen LogP contribution in [0.1, 0.15) is 18.4 Å². The van der Waals surface area contributed by atoms with Gasteiger partial charge in [-0.1, -0.05) is 30.3 Å². The van der Waals surface area contributed by atoms with Crippen molar-refractivity contribution >= 4 is 30.6 Å². The van der Waals surface area contributed by atoms with Crippen molar-refractivity contribution in [2.24, 2.45) is 11.7 Å². The van der Waals surface area contributed by atoms with E-state index in [9.17, 15) is 0 Å². The number of nitrogens with zero attached hydrogens (tertiary/aromatic N) is 1. The first kappa shape index (κ1) is 17.2. The topological polar surface area (TPSA) is 53.1 Å². The van der Waals surface area contributed by atoms with E-state index in [4.69, 9.17) is 11.1 Å². The molecule has 0 radical (unpaired) electrons. The van der Waals surface area contributed by atoms with Crippen LogP contribution in [0, 0.1) is 11.3 Å². The number of benzene rings is 1. The van der Waals surface area contributed by atoms with E-state index in [1.807, 2.05) is 6.07 Å². The van der Waals surface area contributed by atoms with Gasteiger partial charge in [-0.15, -0.1) is 24.8 Å². The van der Waals surface area contributed by atoms with E-state index in [0.29, 0.717) is 11.8 Å². The zero-order valence-corrected chi connectivity index (χ0v) is 12.0. The molecule has 1 aromatic carbocycles. The van der Waals surface area contributed by atoms with Gasteiger partial charge in [-0.2, -0.15) is 0 Å². The number of amidine groups is 1. The zero-order valence-electron chi connectivity index (χ0n) is 10.3. The molecule has 0 amide bonds. The van der Waals surface area contributed by atoms with Gasteiger partial charge < -0.3 is 5.73 Å². The zero-order chi connectivity index (χ0) is 11.4. The summed E-state index contributed by atoms with van der Waals surface area (Å²) in [5.74, 6) is 0.673. The standard InChI is InChI=1S/C13H19N3.2ClH/c14-13(15)12-6-8-16(9-7-12)10-11-4-2-1-3-5-11;;/h1-5,12H,6-10H2,(H3,14,15);2*1H. The second-order valence-electron chi connectivity index (χ2n) is 4.49. The molecule has 1 aliphatic rings. The molecule has 2 rings (SSSR count). The van der Waals surface area contributed by atoms with Crippen molar-refractivity contribution in [3.05, 3.63) is 35.9 Å². The Kier molecular flexibility index (Phi) is 8.00. The summed E-state index contributed by atoms with van der Waals surface area (Å²) < 4.78 is 0. The minimum atomic E-state index is 0. The lowest BCUT2D eigenvalue weighted by molar-refractivity contribution is 0.201. The fourth-order valence-electron chi connectivity index (χ4n) is 2.24. The maximum Gasteiger partial charge on any atom is 0.0937 e. The summed E-state index contributed by atoms with van der Waals surface area (Å²) in [6.07, 6.45) is 2.06. The highest BCUT2D eigenvalue weighted by atomic mass is 35.5. The molecule has 18 heavy (non-hydrogen) atoms. The Morgan fingerprint density at radius 2 is 1.72 bits per heavy atom. The Morgan fingerprint density at radius 1 is 1.17 bits per heavy atom.